The third kappa shape index (κ3) is 3.74. The molecule has 0 bridgehead atoms. The standard InChI is InChI=1S/C25H22N4O3/c1-15-11-18(30)7-8-22(15)28-14-21-16(2)20(12-26)24(31)29(25(21)32)10-9-17-13-27-23-6-4-3-5-19(17)23/h3-8,11,13-14,27,30,32H,9-10H2,1-2H3. The smallest absolute Gasteiger partial charge is 0.271 e. The molecule has 0 aliphatic rings. The molecule has 4 rings (SSSR count). The van der Waals surface area contributed by atoms with Crippen molar-refractivity contribution in [1.82, 2.24) is 9.55 Å². The van der Waals surface area contributed by atoms with Gasteiger partial charge < -0.3 is 15.2 Å². The predicted octanol–water partition coefficient (Wildman–Crippen LogP) is 4.22. The van der Waals surface area contributed by atoms with Crippen LogP contribution < -0.4 is 5.56 Å². The van der Waals surface area contributed by atoms with Crippen molar-refractivity contribution >= 4 is 22.8 Å². The maximum Gasteiger partial charge on any atom is 0.271 e. The zero-order chi connectivity index (χ0) is 22.8. The maximum atomic E-state index is 12.9. The van der Waals surface area contributed by atoms with Crippen LogP contribution >= 0.6 is 0 Å². The van der Waals surface area contributed by atoms with Gasteiger partial charge in [0.05, 0.1) is 11.3 Å². The summed E-state index contributed by atoms with van der Waals surface area (Å²) in [5, 5.41) is 31.1. The lowest BCUT2D eigenvalue weighted by Gasteiger charge is -2.14. The number of benzene rings is 2. The highest BCUT2D eigenvalue weighted by Gasteiger charge is 2.18. The van der Waals surface area contributed by atoms with Crippen molar-refractivity contribution in [3.63, 3.8) is 0 Å². The molecule has 0 saturated heterocycles. The number of nitriles is 1. The minimum absolute atomic E-state index is 0.0226. The van der Waals surface area contributed by atoms with Gasteiger partial charge in [-0.15, -0.1) is 0 Å². The molecule has 2 aromatic heterocycles. The monoisotopic (exact) mass is 426 g/mol. The lowest BCUT2D eigenvalue weighted by molar-refractivity contribution is 0.404. The molecule has 4 aromatic rings. The Kier molecular flexibility index (Phi) is 5.52. The number of H-pyrrole nitrogens is 1. The summed E-state index contributed by atoms with van der Waals surface area (Å²) in [6.07, 6.45) is 3.84. The van der Waals surface area contributed by atoms with Crippen molar-refractivity contribution in [3.05, 3.63) is 86.8 Å². The fourth-order valence-corrected chi connectivity index (χ4v) is 3.82. The largest absolute Gasteiger partial charge is 0.508 e. The average molecular weight is 426 g/mol. The summed E-state index contributed by atoms with van der Waals surface area (Å²) < 4.78 is 1.22. The van der Waals surface area contributed by atoms with Gasteiger partial charge in [-0.05, 0) is 61.2 Å². The van der Waals surface area contributed by atoms with E-state index in [1.54, 1.807) is 19.1 Å². The molecule has 0 amide bonds. The fourth-order valence-electron chi connectivity index (χ4n) is 3.82. The van der Waals surface area contributed by atoms with Gasteiger partial charge in [0.2, 0.25) is 5.88 Å². The summed E-state index contributed by atoms with van der Waals surface area (Å²) in [5.74, 6) is -0.0930. The Morgan fingerprint density at radius 3 is 2.72 bits per heavy atom. The highest BCUT2D eigenvalue weighted by Crippen LogP contribution is 2.26. The highest BCUT2D eigenvalue weighted by molar-refractivity contribution is 5.87. The first kappa shape index (κ1) is 20.9. The van der Waals surface area contributed by atoms with Crippen LogP contribution in [0, 0.1) is 25.2 Å². The van der Waals surface area contributed by atoms with Gasteiger partial charge in [0.15, 0.2) is 0 Å². The second-order valence-electron chi connectivity index (χ2n) is 7.64. The molecule has 7 heteroatoms. The molecule has 2 aromatic carbocycles. The van der Waals surface area contributed by atoms with E-state index in [2.05, 4.69) is 9.98 Å². The predicted molar refractivity (Wildman–Crippen MR) is 124 cm³/mol. The van der Waals surface area contributed by atoms with Crippen LogP contribution in [0.3, 0.4) is 0 Å². The van der Waals surface area contributed by atoms with E-state index in [0.717, 1.165) is 22.0 Å². The van der Waals surface area contributed by atoms with Gasteiger partial charge in [0.1, 0.15) is 17.4 Å². The number of aromatic amines is 1. The Balaban J connectivity index is 1.73. The first-order valence-corrected chi connectivity index (χ1v) is 10.2. The summed E-state index contributed by atoms with van der Waals surface area (Å²) in [6, 6.07) is 14.6. The molecule has 0 unspecified atom stereocenters. The van der Waals surface area contributed by atoms with Crippen LogP contribution in [0.1, 0.15) is 27.8 Å². The number of hydrogen-bond acceptors (Lipinski definition) is 5. The number of phenolic OH excluding ortho intramolecular Hbond substituents is 1. The molecular weight excluding hydrogens is 404 g/mol. The normalized spacial score (nSPS) is 11.3. The quantitative estimate of drug-likeness (QED) is 0.414. The number of aryl methyl sites for hydroxylation is 2. The molecule has 3 N–H and O–H groups in total. The van der Waals surface area contributed by atoms with Gasteiger partial charge in [-0.3, -0.25) is 14.4 Å². The average Bonchev–Trinajstić information content (AvgIpc) is 3.18. The Bertz CT molecular complexity index is 1450. The second kappa shape index (κ2) is 8.44. The Morgan fingerprint density at radius 1 is 1.19 bits per heavy atom. The Labute approximate surface area is 184 Å². The number of aromatic nitrogens is 2. The summed E-state index contributed by atoms with van der Waals surface area (Å²) in [6.45, 7) is 3.64. The molecule has 0 saturated carbocycles. The number of pyridine rings is 1. The molecule has 0 spiro atoms. The molecule has 32 heavy (non-hydrogen) atoms. The van der Waals surface area contributed by atoms with Crippen LogP contribution in [-0.2, 0) is 13.0 Å². The Hall–Kier alpha value is -4.31. The number of aliphatic imine (C=N–C) groups is 1. The van der Waals surface area contributed by atoms with Crippen molar-refractivity contribution in [2.24, 2.45) is 4.99 Å². The number of nitrogens with zero attached hydrogens (tertiary/aromatic N) is 3. The SMILES string of the molecule is Cc1cc(O)ccc1N=Cc1c(C)c(C#N)c(=O)n(CCc2c[nH]c3ccccc23)c1O. The van der Waals surface area contributed by atoms with Gasteiger partial charge >= 0.3 is 0 Å². The molecule has 0 aliphatic carbocycles. The second-order valence-corrected chi connectivity index (χ2v) is 7.64. The van der Waals surface area contributed by atoms with E-state index < -0.39 is 5.56 Å². The highest BCUT2D eigenvalue weighted by atomic mass is 16.3. The molecule has 0 radical (unpaired) electrons. The third-order valence-electron chi connectivity index (χ3n) is 5.64. The van der Waals surface area contributed by atoms with Gasteiger partial charge in [0.25, 0.3) is 5.56 Å². The third-order valence-corrected chi connectivity index (χ3v) is 5.64. The van der Waals surface area contributed by atoms with Gasteiger partial charge in [-0.1, -0.05) is 18.2 Å². The minimum Gasteiger partial charge on any atom is -0.508 e. The number of para-hydroxylation sites is 1. The van der Waals surface area contributed by atoms with E-state index in [1.807, 2.05) is 43.5 Å². The van der Waals surface area contributed by atoms with E-state index >= 15 is 0 Å². The lowest BCUT2D eigenvalue weighted by atomic mass is 10.1. The molecule has 7 nitrogen and oxygen atoms in total. The van der Waals surface area contributed by atoms with E-state index in [0.29, 0.717) is 23.2 Å². The first-order chi connectivity index (χ1) is 15.4. The molecule has 0 aliphatic heterocycles. The van der Waals surface area contributed by atoms with Crippen LogP contribution in [-0.4, -0.2) is 26.0 Å². The molecule has 0 atom stereocenters. The van der Waals surface area contributed by atoms with Crippen LogP contribution in [0.5, 0.6) is 11.6 Å². The number of hydrogen-bond donors (Lipinski definition) is 3. The summed E-state index contributed by atoms with van der Waals surface area (Å²) in [5.41, 5.74) is 3.51. The van der Waals surface area contributed by atoms with Crippen LogP contribution in [0.15, 0.2) is 58.4 Å². The van der Waals surface area contributed by atoms with Crippen molar-refractivity contribution in [2.45, 2.75) is 26.8 Å². The van der Waals surface area contributed by atoms with Crippen molar-refractivity contribution in [3.8, 4) is 17.7 Å². The zero-order valence-corrected chi connectivity index (χ0v) is 17.8. The Morgan fingerprint density at radius 2 is 1.97 bits per heavy atom. The number of rotatable bonds is 5. The number of nitrogens with one attached hydrogen (secondary N) is 1. The molecular formula is C25H22N4O3. The summed E-state index contributed by atoms with van der Waals surface area (Å²) in [7, 11) is 0. The lowest BCUT2D eigenvalue weighted by Crippen LogP contribution is -2.26. The summed E-state index contributed by atoms with van der Waals surface area (Å²) in [4.78, 5) is 20.5. The van der Waals surface area contributed by atoms with Crippen LogP contribution in [0.4, 0.5) is 5.69 Å². The molecule has 2 heterocycles. The van der Waals surface area contributed by atoms with E-state index in [4.69, 9.17) is 0 Å². The van der Waals surface area contributed by atoms with Gasteiger partial charge in [-0.2, -0.15) is 5.26 Å². The van der Waals surface area contributed by atoms with Crippen LogP contribution in [0.2, 0.25) is 0 Å². The minimum atomic E-state index is -0.527. The van der Waals surface area contributed by atoms with E-state index in [1.165, 1.54) is 16.8 Å². The molecule has 160 valence electrons. The van der Waals surface area contributed by atoms with Gasteiger partial charge in [-0.25, -0.2) is 0 Å². The first-order valence-electron chi connectivity index (χ1n) is 10.2. The van der Waals surface area contributed by atoms with E-state index in [-0.39, 0.29) is 23.7 Å². The van der Waals surface area contributed by atoms with E-state index in [9.17, 15) is 20.3 Å². The fraction of sp³-hybridized carbons (Fsp3) is 0.160. The van der Waals surface area contributed by atoms with Crippen molar-refractivity contribution in [2.75, 3.05) is 0 Å². The van der Waals surface area contributed by atoms with Crippen LogP contribution in [0.25, 0.3) is 10.9 Å². The number of fused-ring (bicyclic) bond motifs is 1. The zero-order valence-electron chi connectivity index (χ0n) is 17.8. The van der Waals surface area contributed by atoms with Gasteiger partial charge in [0, 0.05) is 29.9 Å². The molecule has 0 fully saturated rings. The maximum absolute atomic E-state index is 12.9. The summed E-state index contributed by atoms with van der Waals surface area (Å²) >= 11 is 0. The number of aromatic hydroxyl groups is 2. The number of phenols is 1. The van der Waals surface area contributed by atoms with Crippen molar-refractivity contribution in [1.29, 1.82) is 5.26 Å². The van der Waals surface area contributed by atoms with Crippen molar-refractivity contribution < 1.29 is 10.2 Å². The topological polar surface area (TPSA) is 114 Å².